The van der Waals surface area contributed by atoms with Crippen LogP contribution in [-0.2, 0) is 6.54 Å². The summed E-state index contributed by atoms with van der Waals surface area (Å²) in [5, 5.41) is 4.45. The van der Waals surface area contributed by atoms with Crippen LogP contribution in [0.3, 0.4) is 0 Å². The fourth-order valence-electron chi connectivity index (χ4n) is 1.30. The second kappa shape index (κ2) is 4.88. The summed E-state index contributed by atoms with van der Waals surface area (Å²) in [6, 6.07) is 4.29. The maximum atomic E-state index is 4.44. The molecular formula is C11H14N2S2. The largest absolute Gasteiger partial charge is 0.312 e. The maximum Gasteiger partial charge on any atom is 0.133 e. The Morgan fingerprint density at radius 1 is 1.33 bits per heavy atom. The molecule has 0 aliphatic heterocycles. The number of thiophene rings is 1. The number of nitrogens with zero attached hydrogens (tertiary/aromatic N) is 1. The molecule has 1 N–H and O–H groups in total. The summed E-state index contributed by atoms with van der Waals surface area (Å²) in [5.41, 5.74) is 0. The highest BCUT2D eigenvalue weighted by Gasteiger charge is 2.05. The average molecular weight is 238 g/mol. The van der Waals surface area contributed by atoms with Crippen molar-refractivity contribution in [2.45, 2.75) is 20.4 Å². The van der Waals surface area contributed by atoms with E-state index in [4.69, 9.17) is 0 Å². The molecule has 0 saturated carbocycles. The van der Waals surface area contributed by atoms with E-state index in [-0.39, 0.29) is 0 Å². The second-order valence-corrected chi connectivity index (χ2v) is 5.73. The molecule has 2 rings (SSSR count). The van der Waals surface area contributed by atoms with Gasteiger partial charge in [-0.3, -0.25) is 0 Å². The molecule has 0 aromatic carbocycles. The van der Waals surface area contributed by atoms with Crippen LogP contribution in [0.25, 0.3) is 9.88 Å². The van der Waals surface area contributed by atoms with Gasteiger partial charge >= 0.3 is 0 Å². The second-order valence-electron chi connectivity index (χ2n) is 3.32. The SMILES string of the molecule is CCNCc1cnc(-c2ccc(C)s2)s1. The molecule has 2 nitrogen and oxygen atoms in total. The van der Waals surface area contributed by atoms with Gasteiger partial charge in [0, 0.05) is 22.5 Å². The quantitative estimate of drug-likeness (QED) is 0.884. The zero-order chi connectivity index (χ0) is 10.7. The number of nitrogens with one attached hydrogen (secondary N) is 1. The Morgan fingerprint density at radius 3 is 2.87 bits per heavy atom. The normalized spacial score (nSPS) is 10.8. The molecule has 2 aromatic rings. The summed E-state index contributed by atoms with van der Waals surface area (Å²) in [4.78, 5) is 8.36. The molecule has 0 bridgehead atoms. The fraction of sp³-hybridized carbons (Fsp3) is 0.364. The number of hydrogen-bond acceptors (Lipinski definition) is 4. The minimum Gasteiger partial charge on any atom is -0.312 e. The topological polar surface area (TPSA) is 24.9 Å². The van der Waals surface area contributed by atoms with E-state index in [0.717, 1.165) is 18.1 Å². The molecule has 0 aliphatic rings. The van der Waals surface area contributed by atoms with Gasteiger partial charge in [-0.15, -0.1) is 22.7 Å². The molecule has 0 aliphatic carbocycles. The van der Waals surface area contributed by atoms with Crippen LogP contribution in [0.1, 0.15) is 16.7 Å². The number of aromatic nitrogens is 1. The molecule has 0 amide bonds. The summed E-state index contributed by atoms with van der Waals surface area (Å²) in [6.45, 7) is 6.18. The number of aryl methyl sites for hydroxylation is 1. The van der Waals surface area contributed by atoms with Crippen molar-refractivity contribution >= 4 is 22.7 Å². The predicted octanol–water partition coefficient (Wildman–Crippen LogP) is 3.29. The third-order valence-corrected chi connectivity index (χ3v) is 4.22. The Balaban J connectivity index is 2.13. The summed E-state index contributed by atoms with van der Waals surface area (Å²) < 4.78 is 0. The van der Waals surface area contributed by atoms with Gasteiger partial charge in [-0.1, -0.05) is 6.92 Å². The predicted molar refractivity (Wildman–Crippen MR) is 67.5 cm³/mol. The third-order valence-electron chi connectivity index (χ3n) is 2.05. The van der Waals surface area contributed by atoms with Crippen molar-refractivity contribution in [3.8, 4) is 9.88 Å². The van der Waals surface area contributed by atoms with Crippen LogP contribution in [0.2, 0.25) is 0 Å². The van der Waals surface area contributed by atoms with E-state index >= 15 is 0 Å². The first-order valence-electron chi connectivity index (χ1n) is 5.02. The lowest BCUT2D eigenvalue weighted by molar-refractivity contribution is 0.734. The lowest BCUT2D eigenvalue weighted by atomic mass is 10.4. The molecule has 15 heavy (non-hydrogen) atoms. The minimum absolute atomic E-state index is 0.929. The highest BCUT2D eigenvalue weighted by atomic mass is 32.1. The summed E-state index contributed by atoms with van der Waals surface area (Å²) in [6.07, 6.45) is 1.97. The zero-order valence-corrected chi connectivity index (χ0v) is 10.5. The summed E-state index contributed by atoms with van der Waals surface area (Å²) in [7, 11) is 0. The van der Waals surface area contributed by atoms with Gasteiger partial charge in [-0.2, -0.15) is 0 Å². The number of thiazole rings is 1. The van der Waals surface area contributed by atoms with Gasteiger partial charge in [-0.05, 0) is 25.6 Å². The van der Waals surface area contributed by atoms with Crippen LogP contribution in [0.4, 0.5) is 0 Å². The molecule has 0 fully saturated rings. The van der Waals surface area contributed by atoms with Gasteiger partial charge in [0.05, 0.1) is 4.88 Å². The highest BCUT2D eigenvalue weighted by molar-refractivity contribution is 7.21. The Kier molecular flexibility index (Phi) is 3.51. The molecule has 4 heteroatoms. The first-order chi connectivity index (χ1) is 7.29. The van der Waals surface area contributed by atoms with Gasteiger partial charge in [0.15, 0.2) is 0 Å². The van der Waals surface area contributed by atoms with E-state index in [1.807, 2.05) is 6.20 Å². The molecule has 2 heterocycles. The van der Waals surface area contributed by atoms with Crippen molar-refractivity contribution in [1.29, 1.82) is 0 Å². The molecule has 2 aromatic heterocycles. The average Bonchev–Trinajstić information content (AvgIpc) is 2.83. The molecule has 0 spiro atoms. The van der Waals surface area contributed by atoms with Crippen molar-refractivity contribution in [1.82, 2.24) is 10.3 Å². The van der Waals surface area contributed by atoms with E-state index in [9.17, 15) is 0 Å². The van der Waals surface area contributed by atoms with Crippen molar-refractivity contribution in [3.05, 3.63) is 28.1 Å². The Hall–Kier alpha value is -0.710. The molecular weight excluding hydrogens is 224 g/mol. The van der Waals surface area contributed by atoms with Crippen molar-refractivity contribution < 1.29 is 0 Å². The van der Waals surface area contributed by atoms with Crippen molar-refractivity contribution in [3.63, 3.8) is 0 Å². The lowest BCUT2D eigenvalue weighted by Crippen LogP contribution is -2.10. The molecule has 0 saturated heterocycles. The van der Waals surface area contributed by atoms with Crippen molar-refractivity contribution in [2.24, 2.45) is 0 Å². The highest BCUT2D eigenvalue weighted by Crippen LogP contribution is 2.30. The molecule has 0 radical (unpaired) electrons. The number of rotatable bonds is 4. The van der Waals surface area contributed by atoms with Crippen LogP contribution in [0, 0.1) is 6.92 Å². The van der Waals surface area contributed by atoms with Crippen LogP contribution in [-0.4, -0.2) is 11.5 Å². The molecule has 0 unspecified atom stereocenters. The molecule has 80 valence electrons. The van der Waals surface area contributed by atoms with Gasteiger partial charge in [0.2, 0.25) is 0 Å². The summed E-state index contributed by atoms with van der Waals surface area (Å²) in [5.74, 6) is 0. The first-order valence-corrected chi connectivity index (χ1v) is 6.65. The van der Waals surface area contributed by atoms with Crippen LogP contribution in [0.5, 0.6) is 0 Å². The smallest absolute Gasteiger partial charge is 0.133 e. The Labute approximate surface area is 98.0 Å². The summed E-state index contributed by atoms with van der Waals surface area (Å²) >= 11 is 3.58. The van der Waals surface area contributed by atoms with Gasteiger partial charge in [0.25, 0.3) is 0 Å². The van der Waals surface area contributed by atoms with Crippen LogP contribution < -0.4 is 5.32 Å². The van der Waals surface area contributed by atoms with E-state index in [0.29, 0.717) is 0 Å². The fourth-order valence-corrected chi connectivity index (χ4v) is 3.11. The first kappa shape index (κ1) is 10.8. The minimum atomic E-state index is 0.929. The zero-order valence-electron chi connectivity index (χ0n) is 8.91. The number of hydrogen-bond donors (Lipinski definition) is 1. The van der Waals surface area contributed by atoms with E-state index in [1.54, 1.807) is 22.7 Å². The van der Waals surface area contributed by atoms with E-state index in [2.05, 4.69) is 36.3 Å². The lowest BCUT2D eigenvalue weighted by Gasteiger charge is -1.94. The third kappa shape index (κ3) is 2.65. The van der Waals surface area contributed by atoms with Crippen molar-refractivity contribution in [2.75, 3.05) is 6.54 Å². The van der Waals surface area contributed by atoms with E-state index in [1.165, 1.54) is 14.6 Å². The van der Waals surface area contributed by atoms with Gasteiger partial charge < -0.3 is 5.32 Å². The molecule has 0 atom stereocenters. The maximum absolute atomic E-state index is 4.44. The van der Waals surface area contributed by atoms with Gasteiger partial charge in [-0.25, -0.2) is 4.98 Å². The monoisotopic (exact) mass is 238 g/mol. The Morgan fingerprint density at radius 2 is 2.20 bits per heavy atom. The van der Waals surface area contributed by atoms with Crippen LogP contribution >= 0.6 is 22.7 Å². The van der Waals surface area contributed by atoms with E-state index < -0.39 is 0 Å². The Bertz CT molecular complexity index is 431. The van der Waals surface area contributed by atoms with Gasteiger partial charge in [0.1, 0.15) is 5.01 Å². The standard InChI is InChI=1S/C11H14N2S2/c1-3-12-6-9-7-13-11(15-9)10-5-4-8(2)14-10/h4-5,7,12H,3,6H2,1-2H3. The van der Waals surface area contributed by atoms with Crippen LogP contribution in [0.15, 0.2) is 18.3 Å².